The van der Waals surface area contributed by atoms with Crippen molar-refractivity contribution in [1.82, 2.24) is 4.90 Å². The van der Waals surface area contributed by atoms with Crippen molar-refractivity contribution in [2.24, 2.45) is 0 Å². The second-order valence-electron chi connectivity index (χ2n) is 4.23. The Morgan fingerprint density at radius 3 is 2.00 bits per heavy atom. The molecule has 0 amide bonds. The summed E-state index contributed by atoms with van der Waals surface area (Å²) in [6.45, 7) is 3.02. The lowest BCUT2D eigenvalue weighted by Gasteiger charge is -2.23. The minimum atomic E-state index is -0.350. The van der Waals surface area contributed by atoms with Crippen molar-refractivity contribution in [3.63, 3.8) is 0 Å². The molecule has 1 atom stereocenters. The maximum atomic E-state index is 9.47. The summed E-state index contributed by atoms with van der Waals surface area (Å²) in [5.41, 5.74) is 0. The predicted molar refractivity (Wildman–Crippen MR) is 60.9 cm³/mol. The number of β-amino-alcohol motifs (C(OH)–C–C–N with tert-alkyl or cyclic N) is 1. The normalized spacial score (nSPS) is 23.6. The van der Waals surface area contributed by atoms with Crippen LogP contribution in [0.3, 0.4) is 0 Å². The fourth-order valence-corrected chi connectivity index (χ4v) is 2.12. The predicted octanol–water partition coefficient (Wildman–Crippen LogP) is 2.24. The number of rotatable bonds is 3. The van der Waals surface area contributed by atoms with E-state index in [9.17, 15) is 5.11 Å². The van der Waals surface area contributed by atoms with Gasteiger partial charge in [-0.2, -0.15) is 0 Å². The highest BCUT2D eigenvalue weighted by Gasteiger charge is 2.11. The van der Waals surface area contributed by atoms with Crippen molar-refractivity contribution >= 4 is 11.6 Å². The molecule has 84 valence electrons. The van der Waals surface area contributed by atoms with E-state index in [0.29, 0.717) is 5.88 Å². The average Bonchev–Trinajstić information content (AvgIpc) is 2.31. The number of halogens is 1. The van der Waals surface area contributed by atoms with Gasteiger partial charge in [0.25, 0.3) is 0 Å². The fourth-order valence-electron chi connectivity index (χ4n) is 2.02. The molecule has 1 unspecified atom stereocenters. The van der Waals surface area contributed by atoms with E-state index < -0.39 is 0 Å². The van der Waals surface area contributed by atoms with Crippen LogP contribution in [0.2, 0.25) is 0 Å². The van der Waals surface area contributed by atoms with Crippen LogP contribution < -0.4 is 0 Å². The average molecular weight is 220 g/mol. The lowest BCUT2D eigenvalue weighted by atomic mass is 10.1. The van der Waals surface area contributed by atoms with Gasteiger partial charge in [-0.05, 0) is 25.9 Å². The van der Waals surface area contributed by atoms with Crippen LogP contribution >= 0.6 is 11.6 Å². The molecule has 0 aliphatic carbocycles. The van der Waals surface area contributed by atoms with Crippen LogP contribution in [-0.4, -0.2) is 41.6 Å². The molecule has 0 aromatic carbocycles. The quantitative estimate of drug-likeness (QED) is 0.736. The summed E-state index contributed by atoms with van der Waals surface area (Å²) in [6, 6.07) is 0. The highest BCUT2D eigenvalue weighted by atomic mass is 35.5. The molecule has 0 aromatic heterocycles. The lowest BCUT2D eigenvalue weighted by molar-refractivity contribution is 0.127. The van der Waals surface area contributed by atoms with Gasteiger partial charge in [0, 0.05) is 12.4 Å². The summed E-state index contributed by atoms with van der Waals surface area (Å²) in [5, 5.41) is 9.47. The Morgan fingerprint density at radius 1 is 1.00 bits per heavy atom. The van der Waals surface area contributed by atoms with E-state index in [1.807, 2.05) is 0 Å². The lowest BCUT2D eigenvalue weighted by Crippen LogP contribution is -2.34. The first kappa shape index (κ1) is 12.3. The van der Waals surface area contributed by atoms with Gasteiger partial charge in [0.05, 0.1) is 6.10 Å². The van der Waals surface area contributed by atoms with E-state index in [0.717, 1.165) is 19.6 Å². The Labute approximate surface area is 92.2 Å². The van der Waals surface area contributed by atoms with E-state index >= 15 is 0 Å². The minimum Gasteiger partial charge on any atom is -0.391 e. The highest BCUT2D eigenvalue weighted by Crippen LogP contribution is 2.11. The number of alkyl halides is 1. The van der Waals surface area contributed by atoms with Crippen LogP contribution in [0.25, 0.3) is 0 Å². The monoisotopic (exact) mass is 219 g/mol. The van der Waals surface area contributed by atoms with Crippen molar-refractivity contribution in [2.45, 2.75) is 44.6 Å². The summed E-state index contributed by atoms with van der Waals surface area (Å²) in [5.74, 6) is 0.358. The van der Waals surface area contributed by atoms with Crippen molar-refractivity contribution in [1.29, 1.82) is 0 Å². The summed E-state index contributed by atoms with van der Waals surface area (Å²) >= 11 is 5.60. The van der Waals surface area contributed by atoms with Gasteiger partial charge in [0.2, 0.25) is 0 Å². The molecule has 3 heteroatoms. The fraction of sp³-hybridized carbons (Fsp3) is 1.00. The zero-order chi connectivity index (χ0) is 10.2. The van der Waals surface area contributed by atoms with Gasteiger partial charge in [-0.3, -0.25) is 0 Å². The van der Waals surface area contributed by atoms with E-state index in [1.54, 1.807) is 0 Å². The largest absolute Gasteiger partial charge is 0.391 e. The molecule has 1 rings (SSSR count). The van der Waals surface area contributed by atoms with Crippen molar-refractivity contribution in [3.8, 4) is 0 Å². The minimum absolute atomic E-state index is 0.350. The Kier molecular flexibility index (Phi) is 6.57. The molecule has 14 heavy (non-hydrogen) atoms. The van der Waals surface area contributed by atoms with Gasteiger partial charge in [-0.25, -0.2) is 0 Å². The molecule has 1 aliphatic heterocycles. The Morgan fingerprint density at radius 2 is 1.50 bits per heavy atom. The molecular formula is C11H22ClNO. The Balaban J connectivity index is 2.25. The number of hydrogen-bond acceptors (Lipinski definition) is 2. The van der Waals surface area contributed by atoms with E-state index in [2.05, 4.69) is 4.90 Å². The number of aliphatic hydroxyl groups excluding tert-OH is 1. The maximum absolute atomic E-state index is 9.47. The molecule has 0 spiro atoms. The zero-order valence-electron chi connectivity index (χ0n) is 8.92. The van der Waals surface area contributed by atoms with Crippen LogP contribution in [0.5, 0.6) is 0 Å². The molecule has 2 nitrogen and oxygen atoms in total. The van der Waals surface area contributed by atoms with Crippen LogP contribution in [0.4, 0.5) is 0 Å². The molecule has 1 fully saturated rings. The number of nitrogens with zero attached hydrogens (tertiary/aromatic N) is 1. The third-order valence-corrected chi connectivity index (χ3v) is 3.20. The van der Waals surface area contributed by atoms with E-state index in [4.69, 9.17) is 11.6 Å². The highest BCUT2D eigenvalue weighted by molar-refractivity contribution is 6.18. The van der Waals surface area contributed by atoms with Crippen LogP contribution in [0.1, 0.15) is 38.5 Å². The molecule has 1 N–H and O–H groups in total. The van der Waals surface area contributed by atoms with Gasteiger partial charge in [0.1, 0.15) is 0 Å². The van der Waals surface area contributed by atoms with Crippen LogP contribution in [-0.2, 0) is 0 Å². The van der Waals surface area contributed by atoms with Gasteiger partial charge in [-0.1, -0.05) is 25.7 Å². The second kappa shape index (κ2) is 7.49. The van der Waals surface area contributed by atoms with E-state index in [1.165, 1.54) is 38.5 Å². The summed E-state index contributed by atoms with van der Waals surface area (Å²) in [6.07, 6.45) is 7.64. The first-order valence-corrected chi connectivity index (χ1v) is 6.33. The summed E-state index contributed by atoms with van der Waals surface area (Å²) < 4.78 is 0. The maximum Gasteiger partial charge on any atom is 0.0802 e. The van der Waals surface area contributed by atoms with Crippen LogP contribution in [0, 0.1) is 0 Å². The third-order valence-electron chi connectivity index (χ3n) is 2.85. The Bertz CT molecular complexity index is 133. The first-order valence-electron chi connectivity index (χ1n) is 5.79. The molecule has 0 bridgehead atoms. The van der Waals surface area contributed by atoms with Gasteiger partial charge in [0.15, 0.2) is 0 Å². The van der Waals surface area contributed by atoms with E-state index in [-0.39, 0.29) is 6.10 Å². The third kappa shape index (κ3) is 5.18. The summed E-state index contributed by atoms with van der Waals surface area (Å²) in [7, 11) is 0. The molecule has 0 saturated carbocycles. The summed E-state index contributed by atoms with van der Waals surface area (Å²) in [4.78, 5) is 2.36. The van der Waals surface area contributed by atoms with Gasteiger partial charge < -0.3 is 10.0 Å². The first-order chi connectivity index (χ1) is 6.83. The molecule has 1 aliphatic rings. The molecule has 0 aromatic rings. The molecule has 1 heterocycles. The van der Waals surface area contributed by atoms with Gasteiger partial charge in [-0.15, -0.1) is 11.6 Å². The standard InChI is InChI=1S/C11H22ClNO/c12-9-11(14)10-13-7-5-3-1-2-4-6-8-13/h11,14H,1-10H2. The molecular weight excluding hydrogens is 198 g/mol. The van der Waals surface area contributed by atoms with Crippen molar-refractivity contribution in [3.05, 3.63) is 0 Å². The van der Waals surface area contributed by atoms with Crippen LogP contribution in [0.15, 0.2) is 0 Å². The number of aliphatic hydroxyl groups is 1. The zero-order valence-corrected chi connectivity index (χ0v) is 9.68. The Hall–Kier alpha value is 0.210. The van der Waals surface area contributed by atoms with Crippen molar-refractivity contribution < 1.29 is 5.11 Å². The van der Waals surface area contributed by atoms with Crippen molar-refractivity contribution in [2.75, 3.05) is 25.5 Å². The molecule has 1 saturated heterocycles. The number of hydrogen-bond donors (Lipinski definition) is 1. The topological polar surface area (TPSA) is 23.5 Å². The second-order valence-corrected chi connectivity index (χ2v) is 4.54. The molecule has 0 radical (unpaired) electrons. The SMILES string of the molecule is OC(CCl)CN1CCCCCCCC1. The smallest absolute Gasteiger partial charge is 0.0802 e. The van der Waals surface area contributed by atoms with Gasteiger partial charge >= 0.3 is 0 Å².